The summed E-state index contributed by atoms with van der Waals surface area (Å²) in [6, 6.07) is 7.64. The predicted molar refractivity (Wildman–Crippen MR) is 135 cm³/mol. The molecule has 4 rings (SSSR count). The first-order chi connectivity index (χ1) is 16.2. The molecule has 2 fully saturated rings. The molecular weight excluding hydrogens is 454 g/mol. The van der Waals surface area contributed by atoms with Gasteiger partial charge in [-0.15, -0.1) is 0 Å². The summed E-state index contributed by atoms with van der Waals surface area (Å²) in [5, 5.41) is 4.01. The minimum atomic E-state index is -3.30. The molecule has 1 aromatic carbocycles. The van der Waals surface area contributed by atoms with Gasteiger partial charge in [-0.25, -0.2) is 8.42 Å². The number of ether oxygens (including phenoxy) is 1. The second-order valence-corrected chi connectivity index (χ2v) is 12.0. The van der Waals surface area contributed by atoms with Crippen LogP contribution in [0.15, 0.2) is 35.3 Å². The van der Waals surface area contributed by atoms with E-state index in [1.165, 1.54) is 8.99 Å². The average Bonchev–Trinajstić information content (AvgIpc) is 3.34. The quantitative estimate of drug-likeness (QED) is 0.590. The number of piperazine rings is 1. The number of anilines is 2. The molecule has 2 aliphatic rings. The molecule has 186 valence electrons. The Bertz CT molecular complexity index is 1150. The van der Waals surface area contributed by atoms with Crippen LogP contribution in [0, 0.1) is 0 Å². The molecule has 1 aliphatic heterocycles. The molecule has 0 radical (unpaired) electrons. The molecule has 10 heteroatoms. The van der Waals surface area contributed by atoms with Gasteiger partial charge in [-0.3, -0.25) is 4.79 Å². The van der Waals surface area contributed by atoms with Gasteiger partial charge in [0.25, 0.3) is 0 Å². The Morgan fingerprint density at radius 3 is 2.21 bits per heavy atom. The van der Waals surface area contributed by atoms with E-state index < -0.39 is 15.3 Å². The number of hydrogen-bond donors (Lipinski definition) is 0. The van der Waals surface area contributed by atoms with Gasteiger partial charge in [0.2, 0.25) is 15.8 Å². The van der Waals surface area contributed by atoms with E-state index in [2.05, 4.69) is 5.10 Å². The molecule has 2 heterocycles. The lowest BCUT2D eigenvalue weighted by Gasteiger charge is -2.36. The topological polar surface area (TPSA) is 88.0 Å². The third-order valence-electron chi connectivity index (χ3n) is 6.65. The highest BCUT2D eigenvalue weighted by molar-refractivity contribution is 7.89. The molecular formula is C24H35N5O4S. The summed E-state index contributed by atoms with van der Waals surface area (Å²) in [6.45, 7) is 5.11. The summed E-state index contributed by atoms with van der Waals surface area (Å²) in [7, 11) is 0.628. The predicted octanol–water partition coefficient (Wildman–Crippen LogP) is 2.48. The molecule has 0 unspecified atom stereocenters. The largest absolute Gasteiger partial charge is 0.483 e. The fourth-order valence-corrected chi connectivity index (χ4v) is 5.76. The number of sulfonamides is 1. The Labute approximate surface area is 202 Å². The van der Waals surface area contributed by atoms with Gasteiger partial charge in [-0.2, -0.15) is 14.1 Å². The van der Waals surface area contributed by atoms with Crippen LogP contribution < -0.4 is 20.1 Å². The Hall–Kier alpha value is -2.59. The van der Waals surface area contributed by atoms with Gasteiger partial charge >= 0.3 is 5.56 Å². The van der Waals surface area contributed by atoms with Crippen LogP contribution in [0.3, 0.4) is 0 Å². The van der Waals surface area contributed by atoms with Crippen LogP contribution in [0.2, 0.25) is 0 Å². The highest BCUT2D eigenvalue weighted by Gasteiger charge is 2.31. The van der Waals surface area contributed by atoms with Gasteiger partial charge in [0, 0.05) is 46.0 Å². The lowest BCUT2D eigenvalue weighted by molar-refractivity contribution is 0.205. The number of hydrogen-bond acceptors (Lipinski definition) is 7. The summed E-state index contributed by atoms with van der Waals surface area (Å²) in [5.74, 6) is 0.304. The molecule has 1 aliphatic carbocycles. The van der Waals surface area contributed by atoms with E-state index in [4.69, 9.17) is 4.74 Å². The van der Waals surface area contributed by atoms with E-state index in [1.807, 2.05) is 48.2 Å². The maximum absolute atomic E-state index is 13.6. The first-order valence-corrected chi connectivity index (χ1v) is 13.5. The number of benzene rings is 1. The molecule has 0 bridgehead atoms. The highest BCUT2D eigenvalue weighted by atomic mass is 32.2. The summed E-state index contributed by atoms with van der Waals surface area (Å²) in [5.41, 5.74) is 2.05. The fourth-order valence-electron chi connectivity index (χ4n) is 4.50. The van der Waals surface area contributed by atoms with Gasteiger partial charge < -0.3 is 14.5 Å². The van der Waals surface area contributed by atoms with Crippen molar-refractivity contribution in [3.8, 4) is 11.4 Å². The van der Waals surface area contributed by atoms with Gasteiger partial charge in [0.1, 0.15) is 5.69 Å². The number of nitrogens with zero attached hydrogens (tertiary/aromatic N) is 5. The molecule has 9 nitrogen and oxygen atoms in total. The van der Waals surface area contributed by atoms with Crippen molar-refractivity contribution in [1.82, 2.24) is 14.1 Å². The normalized spacial score (nSPS) is 18.0. The zero-order chi connectivity index (χ0) is 24.5. The molecule has 1 aromatic heterocycles. The molecule has 0 atom stereocenters. The monoisotopic (exact) mass is 489 g/mol. The van der Waals surface area contributed by atoms with Crippen LogP contribution >= 0.6 is 0 Å². The highest BCUT2D eigenvalue weighted by Crippen LogP contribution is 2.30. The van der Waals surface area contributed by atoms with E-state index in [-0.39, 0.29) is 11.7 Å². The maximum atomic E-state index is 13.6. The van der Waals surface area contributed by atoms with Crippen LogP contribution in [0.1, 0.15) is 39.5 Å². The van der Waals surface area contributed by atoms with Crippen LogP contribution in [-0.2, 0) is 10.0 Å². The standard InChI is InChI=1S/C24H35N5O4S/c1-18(2)34(31,32)28-15-13-27(14-16-28)22-17-25-29(20-11-9-19(10-12-20)26(3)4)24(30)23(22)33-21-7-5-6-8-21/h9-12,17-18,21H,5-8,13-16H2,1-4H3. The minimum absolute atomic E-state index is 0.0148. The van der Waals surface area contributed by atoms with Crippen molar-refractivity contribution in [3.63, 3.8) is 0 Å². The summed E-state index contributed by atoms with van der Waals surface area (Å²) < 4.78 is 34.3. The van der Waals surface area contributed by atoms with Crippen molar-refractivity contribution in [2.75, 3.05) is 50.1 Å². The zero-order valence-electron chi connectivity index (χ0n) is 20.5. The first kappa shape index (κ1) is 24.5. The molecule has 0 amide bonds. The lowest BCUT2D eigenvalue weighted by atomic mass is 10.2. The Morgan fingerprint density at radius 1 is 1.03 bits per heavy atom. The van der Waals surface area contributed by atoms with E-state index >= 15 is 0 Å². The van der Waals surface area contributed by atoms with Gasteiger partial charge in [-0.05, 0) is 63.8 Å². The lowest BCUT2D eigenvalue weighted by Crippen LogP contribution is -2.50. The van der Waals surface area contributed by atoms with E-state index in [0.29, 0.717) is 43.3 Å². The van der Waals surface area contributed by atoms with E-state index in [1.54, 1.807) is 20.0 Å². The zero-order valence-corrected chi connectivity index (χ0v) is 21.3. The van der Waals surface area contributed by atoms with Crippen molar-refractivity contribution in [2.24, 2.45) is 0 Å². The first-order valence-electron chi connectivity index (χ1n) is 12.0. The summed E-state index contributed by atoms with van der Waals surface area (Å²) in [4.78, 5) is 17.6. The molecule has 34 heavy (non-hydrogen) atoms. The van der Waals surface area contributed by atoms with Crippen LogP contribution in [0.4, 0.5) is 11.4 Å². The smallest absolute Gasteiger partial charge is 0.316 e. The number of rotatable bonds is 7. The average molecular weight is 490 g/mol. The second-order valence-electron chi connectivity index (χ2n) is 9.49. The third-order valence-corrected chi connectivity index (χ3v) is 8.92. The van der Waals surface area contributed by atoms with Crippen molar-refractivity contribution in [2.45, 2.75) is 50.9 Å². The SMILES string of the molecule is CC(C)S(=O)(=O)N1CCN(c2cnn(-c3ccc(N(C)C)cc3)c(=O)c2OC2CCCC2)CC1. The van der Waals surface area contributed by atoms with Crippen molar-refractivity contribution >= 4 is 21.4 Å². The van der Waals surface area contributed by atoms with Crippen LogP contribution in [0.25, 0.3) is 5.69 Å². The Balaban J connectivity index is 1.65. The summed E-state index contributed by atoms with van der Waals surface area (Å²) >= 11 is 0. The van der Waals surface area contributed by atoms with Gasteiger partial charge in [0.05, 0.1) is 23.2 Å². The molecule has 1 saturated heterocycles. The fraction of sp³-hybridized carbons (Fsp3) is 0.583. The minimum Gasteiger partial charge on any atom is -0.483 e. The number of aromatic nitrogens is 2. The van der Waals surface area contributed by atoms with Crippen molar-refractivity contribution in [1.29, 1.82) is 0 Å². The third kappa shape index (κ3) is 4.93. The van der Waals surface area contributed by atoms with Crippen molar-refractivity contribution < 1.29 is 13.2 Å². The van der Waals surface area contributed by atoms with Gasteiger partial charge in [0.15, 0.2) is 0 Å². The second kappa shape index (κ2) is 9.95. The Morgan fingerprint density at radius 2 is 1.65 bits per heavy atom. The molecule has 0 spiro atoms. The van der Waals surface area contributed by atoms with E-state index in [0.717, 1.165) is 31.4 Å². The van der Waals surface area contributed by atoms with Gasteiger partial charge in [-0.1, -0.05) is 0 Å². The molecule has 2 aromatic rings. The van der Waals surface area contributed by atoms with Crippen LogP contribution in [0.5, 0.6) is 5.75 Å². The van der Waals surface area contributed by atoms with Crippen molar-refractivity contribution in [3.05, 3.63) is 40.8 Å². The maximum Gasteiger partial charge on any atom is 0.316 e. The van der Waals surface area contributed by atoms with E-state index in [9.17, 15) is 13.2 Å². The Kier molecular flexibility index (Phi) is 7.18. The molecule has 1 saturated carbocycles. The molecule has 0 N–H and O–H groups in total. The summed E-state index contributed by atoms with van der Waals surface area (Å²) in [6.07, 6.45) is 5.74. The van der Waals surface area contributed by atoms with Crippen LogP contribution in [-0.4, -0.2) is 74.1 Å².